The Labute approximate surface area is 118 Å². The number of aryl methyl sites for hydroxylation is 1. The van der Waals surface area contributed by atoms with Crippen LogP contribution in [0.15, 0.2) is 27.4 Å². The highest BCUT2D eigenvalue weighted by Crippen LogP contribution is 2.28. The minimum Gasteiger partial charge on any atom is -0.408 e. The number of hydrogen-bond acceptors (Lipinski definition) is 2. The van der Waals surface area contributed by atoms with Crippen LogP contribution < -0.4 is 5.76 Å². The fourth-order valence-corrected chi connectivity index (χ4v) is 2.55. The van der Waals surface area contributed by atoms with E-state index in [4.69, 9.17) is 16.0 Å². The molecule has 1 unspecified atom stereocenters. The van der Waals surface area contributed by atoms with E-state index in [1.54, 1.807) is 7.05 Å². The zero-order valence-electron chi connectivity index (χ0n) is 11.5. The first-order valence-electron chi connectivity index (χ1n) is 6.87. The van der Waals surface area contributed by atoms with Crippen LogP contribution in [0.2, 0.25) is 0 Å². The molecule has 0 amide bonds. The molecular weight excluding hydrogens is 262 g/mol. The molecule has 0 N–H and O–H groups in total. The summed E-state index contributed by atoms with van der Waals surface area (Å²) in [7, 11) is 1.71. The molecule has 0 spiro atoms. The number of benzene rings is 1. The zero-order valence-corrected chi connectivity index (χ0v) is 12.2. The number of unbranched alkanes of at least 4 members (excludes halogenated alkanes) is 3. The third-order valence-electron chi connectivity index (χ3n) is 3.49. The van der Waals surface area contributed by atoms with E-state index >= 15 is 0 Å². The highest BCUT2D eigenvalue weighted by atomic mass is 35.5. The van der Waals surface area contributed by atoms with E-state index in [0.29, 0.717) is 5.58 Å². The Hall–Kier alpha value is -1.22. The van der Waals surface area contributed by atoms with Crippen LogP contribution in [0.1, 0.15) is 50.0 Å². The van der Waals surface area contributed by atoms with E-state index in [9.17, 15) is 4.79 Å². The largest absolute Gasteiger partial charge is 0.419 e. The molecule has 0 saturated carbocycles. The number of alkyl halides is 1. The first-order valence-corrected chi connectivity index (χ1v) is 7.30. The fraction of sp³-hybridized carbons (Fsp3) is 0.533. The normalized spacial score (nSPS) is 13.0. The summed E-state index contributed by atoms with van der Waals surface area (Å²) in [4.78, 5) is 11.4. The molecule has 0 aliphatic rings. The van der Waals surface area contributed by atoms with E-state index < -0.39 is 0 Å². The van der Waals surface area contributed by atoms with Crippen molar-refractivity contribution in [3.05, 3.63) is 34.3 Å². The number of halogens is 1. The van der Waals surface area contributed by atoms with E-state index in [0.717, 1.165) is 23.9 Å². The first-order chi connectivity index (χ1) is 9.13. The van der Waals surface area contributed by atoms with Crippen LogP contribution in [0, 0.1) is 0 Å². The number of nitrogens with zero attached hydrogens (tertiary/aromatic N) is 1. The summed E-state index contributed by atoms with van der Waals surface area (Å²) in [5.74, 6) is -0.332. The van der Waals surface area contributed by atoms with Gasteiger partial charge < -0.3 is 4.42 Å². The summed E-state index contributed by atoms with van der Waals surface area (Å²) < 4.78 is 6.68. The highest BCUT2D eigenvalue weighted by Gasteiger charge is 2.11. The van der Waals surface area contributed by atoms with Crippen molar-refractivity contribution < 1.29 is 4.42 Å². The molecule has 1 aromatic heterocycles. The molecule has 0 saturated heterocycles. The highest BCUT2D eigenvalue weighted by molar-refractivity contribution is 6.20. The topological polar surface area (TPSA) is 35.1 Å². The summed E-state index contributed by atoms with van der Waals surface area (Å²) in [6.07, 6.45) is 5.82. The number of aromatic nitrogens is 1. The summed E-state index contributed by atoms with van der Waals surface area (Å²) in [5, 5.41) is -0.00763. The van der Waals surface area contributed by atoms with E-state index in [1.807, 2.05) is 18.2 Å². The number of fused-ring (bicyclic) bond motifs is 1. The van der Waals surface area contributed by atoms with Crippen LogP contribution in [0.25, 0.3) is 11.1 Å². The lowest BCUT2D eigenvalue weighted by Crippen LogP contribution is -2.08. The Morgan fingerprint density at radius 2 is 2.11 bits per heavy atom. The second kappa shape index (κ2) is 6.29. The molecule has 0 aliphatic heterocycles. The molecule has 19 heavy (non-hydrogen) atoms. The Morgan fingerprint density at radius 1 is 1.32 bits per heavy atom. The predicted molar refractivity (Wildman–Crippen MR) is 78.8 cm³/mol. The van der Waals surface area contributed by atoms with Gasteiger partial charge in [0.25, 0.3) is 0 Å². The monoisotopic (exact) mass is 281 g/mol. The first kappa shape index (κ1) is 14.2. The fourth-order valence-electron chi connectivity index (χ4n) is 2.26. The molecule has 3 nitrogen and oxygen atoms in total. The lowest BCUT2D eigenvalue weighted by Gasteiger charge is -2.09. The Bertz CT molecular complexity index is 600. The van der Waals surface area contributed by atoms with Crippen LogP contribution >= 0.6 is 11.6 Å². The van der Waals surface area contributed by atoms with Gasteiger partial charge in [-0.3, -0.25) is 4.57 Å². The van der Waals surface area contributed by atoms with Gasteiger partial charge in [0, 0.05) is 7.05 Å². The van der Waals surface area contributed by atoms with Gasteiger partial charge in [-0.25, -0.2) is 4.79 Å². The van der Waals surface area contributed by atoms with Crippen molar-refractivity contribution in [1.82, 2.24) is 4.57 Å². The zero-order chi connectivity index (χ0) is 13.8. The maximum Gasteiger partial charge on any atom is 0.419 e. The van der Waals surface area contributed by atoms with Crippen LogP contribution in [0.4, 0.5) is 0 Å². The van der Waals surface area contributed by atoms with Gasteiger partial charge in [0.2, 0.25) is 0 Å². The van der Waals surface area contributed by atoms with Gasteiger partial charge in [0.15, 0.2) is 5.58 Å². The van der Waals surface area contributed by atoms with Gasteiger partial charge in [-0.15, -0.1) is 11.6 Å². The molecule has 2 rings (SSSR count). The van der Waals surface area contributed by atoms with Gasteiger partial charge in [-0.2, -0.15) is 0 Å². The van der Waals surface area contributed by atoms with Crippen molar-refractivity contribution in [1.29, 1.82) is 0 Å². The standard InChI is InChI=1S/C15H20ClNO2/c1-3-4-5-6-7-12(16)11-8-9-13-14(10-11)19-15(18)17(13)2/h8-10,12H,3-7H2,1-2H3. The molecule has 104 valence electrons. The summed E-state index contributed by atoms with van der Waals surface area (Å²) in [6, 6.07) is 5.76. The Morgan fingerprint density at radius 3 is 2.84 bits per heavy atom. The van der Waals surface area contributed by atoms with Gasteiger partial charge >= 0.3 is 5.76 Å². The van der Waals surface area contributed by atoms with Crippen LogP contribution in [-0.4, -0.2) is 4.57 Å². The van der Waals surface area contributed by atoms with E-state index in [-0.39, 0.29) is 11.1 Å². The maximum atomic E-state index is 11.4. The average molecular weight is 282 g/mol. The molecule has 2 aromatic rings. The quantitative estimate of drug-likeness (QED) is 0.582. The third-order valence-corrected chi connectivity index (χ3v) is 3.96. The van der Waals surface area contributed by atoms with Gasteiger partial charge in [-0.1, -0.05) is 38.7 Å². The van der Waals surface area contributed by atoms with Crippen molar-refractivity contribution in [2.75, 3.05) is 0 Å². The van der Waals surface area contributed by atoms with Gasteiger partial charge in [0.1, 0.15) is 0 Å². The molecule has 1 heterocycles. The molecule has 1 atom stereocenters. The lowest BCUT2D eigenvalue weighted by atomic mass is 10.0. The molecule has 0 bridgehead atoms. The maximum absolute atomic E-state index is 11.4. The Kier molecular flexibility index (Phi) is 4.70. The summed E-state index contributed by atoms with van der Waals surface area (Å²) >= 11 is 6.41. The minimum absolute atomic E-state index is 0.00763. The minimum atomic E-state index is -0.332. The van der Waals surface area contributed by atoms with E-state index in [1.165, 1.54) is 23.8 Å². The van der Waals surface area contributed by atoms with Crippen LogP contribution in [-0.2, 0) is 7.05 Å². The molecular formula is C15H20ClNO2. The van der Waals surface area contributed by atoms with Gasteiger partial charge in [-0.05, 0) is 24.1 Å². The second-order valence-corrected chi connectivity index (χ2v) is 5.50. The molecule has 1 aromatic carbocycles. The average Bonchev–Trinajstić information content (AvgIpc) is 2.69. The van der Waals surface area contributed by atoms with Crippen molar-refractivity contribution in [2.24, 2.45) is 7.05 Å². The third kappa shape index (κ3) is 3.21. The van der Waals surface area contributed by atoms with Crippen molar-refractivity contribution in [3.63, 3.8) is 0 Å². The molecule has 0 aliphatic carbocycles. The molecule has 0 radical (unpaired) electrons. The molecule has 0 fully saturated rings. The number of rotatable bonds is 6. The van der Waals surface area contributed by atoms with Gasteiger partial charge in [0.05, 0.1) is 10.9 Å². The SMILES string of the molecule is CCCCCCC(Cl)c1ccc2c(c1)oc(=O)n2C. The van der Waals surface area contributed by atoms with Crippen molar-refractivity contribution >= 4 is 22.7 Å². The van der Waals surface area contributed by atoms with Crippen LogP contribution in [0.3, 0.4) is 0 Å². The summed E-state index contributed by atoms with van der Waals surface area (Å²) in [6.45, 7) is 2.20. The lowest BCUT2D eigenvalue weighted by molar-refractivity contribution is 0.527. The number of hydrogen-bond donors (Lipinski definition) is 0. The smallest absolute Gasteiger partial charge is 0.408 e. The van der Waals surface area contributed by atoms with E-state index in [2.05, 4.69) is 6.92 Å². The second-order valence-electron chi connectivity index (χ2n) is 4.97. The van der Waals surface area contributed by atoms with Crippen molar-refractivity contribution in [3.8, 4) is 0 Å². The predicted octanol–water partition coefficient (Wildman–Crippen LogP) is 4.38. The van der Waals surface area contributed by atoms with Crippen LogP contribution in [0.5, 0.6) is 0 Å². The summed E-state index contributed by atoms with van der Waals surface area (Å²) in [5.41, 5.74) is 2.45. The number of oxazole rings is 1. The Balaban J connectivity index is 2.10. The molecule has 4 heteroatoms. The van der Waals surface area contributed by atoms with Crippen molar-refractivity contribution in [2.45, 2.75) is 44.4 Å².